The van der Waals surface area contributed by atoms with E-state index in [1.807, 2.05) is 4.90 Å². The molecule has 0 spiro atoms. The topological polar surface area (TPSA) is 63.1 Å². The molecule has 3 heterocycles. The number of rotatable bonds is 2. The van der Waals surface area contributed by atoms with Crippen LogP contribution in [0.15, 0.2) is 12.7 Å². The van der Waals surface area contributed by atoms with Crippen molar-refractivity contribution in [1.82, 2.24) is 25.0 Å². The number of aromatic nitrogens is 3. The zero-order chi connectivity index (χ0) is 11.7. The molecule has 2 bridgehead atoms. The minimum atomic E-state index is 0.143. The van der Waals surface area contributed by atoms with Gasteiger partial charge in [-0.1, -0.05) is 0 Å². The van der Waals surface area contributed by atoms with Gasteiger partial charge in [-0.2, -0.15) is 5.10 Å². The Morgan fingerprint density at radius 2 is 2.24 bits per heavy atom. The van der Waals surface area contributed by atoms with E-state index < -0.39 is 0 Å². The molecule has 6 heteroatoms. The molecule has 92 valence electrons. The second kappa shape index (κ2) is 4.44. The summed E-state index contributed by atoms with van der Waals surface area (Å²) in [5, 5.41) is 7.53. The summed E-state index contributed by atoms with van der Waals surface area (Å²) in [5.41, 5.74) is 0. The smallest absolute Gasteiger partial charge is 0.244 e. The van der Waals surface area contributed by atoms with Crippen LogP contribution >= 0.6 is 0 Å². The first-order chi connectivity index (χ1) is 8.31. The van der Waals surface area contributed by atoms with Crippen LogP contribution in [0.25, 0.3) is 0 Å². The van der Waals surface area contributed by atoms with Crippen LogP contribution < -0.4 is 5.32 Å². The molecule has 2 aliphatic heterocycles. The van der Waals surface area contributed by atoms with Gasteiger partial charge in [-0.25, -0.2) is 9.67 Å². The van der Waals surface area contributed by atoms with Crippen molar-refractivity contribution < 1.29 is 4.79 Å². The van der Waals surface area contributed by atoms with Gasteiger partial charge in [0.2, 0.25) is 5.91 Å². The quantitative estimate of drug-likeness (QED) is 0.760. The van der Waals surface area contributed by atoms with Crippen molar-refractivity contribution in [2.24, 2.45) is 0 Å². The molecule has 1 aromatic heterocycles. The van der Waals surface area contributed by atoms with Gasteiger partial charge < -0.3 is 10.2 Å². The van der Waals surface area contributed by atoms with E-state index in [1.54, 1.807) is 11.0 Å². The van der Waals surface area contributed by atoms with Crippen molar-refractivity contribution >= 4 is 5.91 Å². The van der Waals surface area contributed by atoms with E-state index in [1.165, 1.54) is 19.2 Å². The van der Waals surface area contributed by atoms with E-state index in [0.29, 0.717) is 18.6 Å². The van der Waals surface area contributed by atoms with Crippen LogP contribution in [0.4, 0.5) is 0 Å². The van der Waals surface area contributed by atoms with E-state index in [9.17, 15) is 4.79 Å². The van der Waals surface area contributed by atoms with Gasteiger partial charge in [0, 0.05) is 25.2 Å². The molecule has 17 heavy (non-hydrogen) atoms. The molecule has 2 unspecified atom stereocenters. The van der Waals surface area contributed by atoms with Crippen LogP contribution in [-0.4, -0.2) is 50.7 Å². The third kappa shape index (κ3) is 2.31. The number of carbonyl (C=O) groups excluding carboxylic acids is 1. The maximum Gasteiger partial charge on any atom is 0.244 e. The zero-order valence-electron chi connectivity index (χ0n) is 9.75. The Kier molecular flexibility index (Phi) is 2.80. The van der Waals surface area contributed by atoms with Crippen molar-refractivity contribution in [3.8, 4) is 0 Å². The average Bonchev–Trinajstić information content (AvgIpc) is 2.88. The van der Waals surface area contributed by atoms with Gasteiger partial charge in [0.05, 0.1) is 0 Å². The predicted octanol–water partition coefficient (Wildman–Crippen LogP) is -0.369. The molecule has 1 aromatic rings. The van der Waals surface area contributed by atoms with Crippen molar-refractivity contribution in [3.63, 3.8) is 0 Å². The summed E-state index contributed by atoms with van der Waals surface area (Å²) in [5.74, 6) is 0.143. The molecule has 1 N–H and O–H groups in total. The van der Waals surface area contributed by atoms with Gasteiger partial charge >= 0.3 is 0 Å². The number of likely N-dealkylation sites (tertiary alicyclic amines) is 1. The summed E-state index contributed by atoms with van der Waals surface area (Å²) >= 11 is 0. The average molecular weight is 235 g/mol. The summed E-state index contributed by atoms with van der Waals surface area (Å²) in [7, 11) is 0. The molecule has 0 aliphatic carbocycles. The lowest BCUT2D eigenvalue weighted by atomic mass is 10.1. The highest BCUT2D eigenvalue weighted by Gasteiger charge is 2.30. The number of hydrogen-bond donors (Lipinski definition) is 1. The fourth-order valence-corrected chi connectivity index (χ4v) is 2.72. The van der Waals surface area contributed by atoms with E-state index in [2.05, 4.69) is 15.4 Å². The summed E-state index contributed by atoms with van der Waals surface area (Å²) in [6.07, 6.45) is 6.56. The van der Waals surface area contributed by atoms with Crippen molar-refractivity contribution in [2.75, 3.05) is 13.1 Å². The first kappa shape index (κ1) is 10.7. The maximum absolute atomic E-state index is 12.1. The standard InChI is InChI=1S/C11H17N5O/c17-11(6-16-8-12-7-13-16)15-4-3-9-1-2-10(5-15)14-9/h7-10,14H,1-6H2. The lowest BCUT2D eigenvalue weighted by Gasteiger charge is -2.24. The van der Waals surface area contributed by atoms with Crippen LogP contribution in [0.5, 0.6) is 0 Å². The number of nitrogens with one attached hydrogen (secondary N) is 1. The van der Waals surface area contributed by atoms with Crippen LogP contribution in [0, 0.1) is 0 Å². The number of nitrogens with zero attached hydrogens (tertiary/aromatic N) is 4. The Hall–Kier alpha value is -1.43. The molecule has 0 radical (unpaired) electrons. The van der Waals surface area contributed by atoms with Gasteiger partial charge in [0.1, 0.15) is 19.2 Å². The van der Waals surface area contributed by atoms with Crippen molar-refractivity contribution in [3.05, 3.63) is 12.7 Å². The van der Waals surface area contributed by atoms with Crippen molar-refractivity contribution in [2.45, 2.75) is 37.9 Å². The monoisotopic (exact) mass is 235 g/mol. The molecule has 6 nitrogen and oxygen atoms in total. The first-order valence-electron chi connectivity index (χ1n) is 6.17. The molecule has 2 aliphatic rings. The second-order valence-electron chi connectivity index (χ2n) is 4.86. The van der Waals surface area contributed by atoms with Crippen molar-refractivity contribution in [1.29, 1.82) is 0 Å². The third-order valence-electron chi connectivity index (χ3n) is 3.64. The van der Waals surface area contributed by atoms with E-state index in [4.69, 9.17) is 0 Å². The predicted molar refractivity (Wildman–Crippen MR) is 61.2 cm³/mol. The fraction of sp³-hybridized carbons (Fsp3) is 0.727. The molecule has 3 rings (SSSR count). The fourth-order valence-electron chi connectivity index (χ4n) is 2.72. The van der Waals surface area contributed by atoms with Crippen LogP contribution in [-0.2, 0) is 11.3 Å². The third-order valence-corrected chi connectivity index (χ3v) is 3.64. The Morgan fingerprint density at radius 3 is 3.06 bits per heavy atom. The number of carbonyl (C=O) groups is 1. The minimum Gasteiger partial charge on any atom is -0.339 e. The lowest BCUT2D eigenvalue weighted by molar-refractivity contribution is -0.132. The Balaban J connectivity index is 1.62. The zero-order valence-corrected chi connectivity index (χ0v) is 9.75. The van der Waals surface area contributed by atoms with E-state index >= 15 is 0 Å². The Bertz CT molecular complexity index is 391. The van der Waals surface area contributed by atoms with E-state index in [-0.39, 0.29) is 5.91 Å². The van der Waals surface area contributed by atoms with Gasteiger partial charge in [0.25, 0.3) is 0 Å². The SMILES string of the molecule is O=C(Cn1cncn1)N1CCC2CCC(C1)N2. The Labute approximate surface area is 100 Å². The molecule has 2 fully saturated rings. The minimum absolute atomic E-state index is 0.143. The van der Waals surface area contributed by atoms with Gasteiger partial charge in [-0.3, -0.25) is 4.79 Å². The molecular weight excluding hydrogens is 218 g/mol. The highest BCUT2D eigenvalue weighted by molar-refractivity contribution is 5.76. The summed E-state index contributed by atoms with van der Waals surface area (Å²) < 4.78 is 1.58. The van der Waals surface area contributed by atoms with Crippen LogP contribution in [0.1, 0.15) is 19.3 Å². The second-order valence-corrected chi connectivity index (χ2v) is 4.86. The maximum atomic E-state index is 12.1. The lowest BCUT2D eigenvalue weighted by Crippen LogP contribution is -2.40. The highest BCUT2D eigenvalue weighted by atomic mass is 16.2. The van der Waals surface area contributed by atoms with Gasteiger partial charge in [0.15, 0.2) is 0 Å². The summed E-state index contributed by atoms with van der Waals surface area (Å²) in [4.78, 5) is 17.9. The van der Waals surface area contributed by atoms with Crippen LogP contribution in [0.3, 0.4) is 0 Å². The molecule has 2 atom stereocenters. The van der Waals surface area contributed by atoms with Gasteiger partial charge in [-0.15, -0.1) is 0 Å². The number of amides is 1. The number of fused-ring (bicyclic) bond motifs is 2. The normalized spacial score (nSPS) is 28.1. The Morgan fingerprint density at radius 1 is 1.35 bits per heavy atom. The summed E-state index contributed by atoms with van der Waals surface area (Å²) in [6.45, 7) is 2.00. The molecular formula is C11H17N5O. The highest BCUT2D eigenvalue weighted by Crippen LogP contribution is 2.20. The number of hydrogen-bond acceptors (Lipinski definition) is 4. The largest absolute Gasteiger partial charge is 0.339 e. The first-order valence-corrected chi connectivity index (χ1v) is 6.17. The van der Waals surface area contributed by atoms with Gasteiger partial charge in [-0.05, 0) is 19.3 Å². The molecule has 0 aromatic carbocycles. The van der Waals surface area contributed by atoms with Crippen LogP contribution in [0.2, 0.25) is 0 Å². The molecule has 1 amide bonds. The van der Waals surface area contributed by atoms with E-state index in [0.717, 1.165) is 19.5 Å². The molecule has 0 saturated carbocycles. The summed E-state index contributed by atoms with van der Waals surface area (Å²) in [6, 6.07) is 1.10. The molecule has 2 saturated heterocycles.